The Balaban J connectivity index is 2.08. The Morgan fingerprint density at radius 3 is 2.50 bits per heavy atom. The topological polar surface area (TPSA) is 28.5 Å². The Bertz CT molecular complexity index is 451. The quantitative estimate of drug-likeness (QED) is 0.576. The van der Waals surface area contributed by atoms with E-state index in [4.69, 9.17) is 0 Å². The normalized spacial score (nSPS) is 10.6. The third-order valence-electron chi connectivity index (χ3n) is 2.16. The fourth-order valence-electron chi connectivity index (χ4n) is 1.30. The van der Waals surface area contributed by atoms with Crippen LogP contribution in [0.4, 0.5) is 5.82 Å². The van der Waals surface area contributed by atoms with E-state index in [-0.39, 0.29) is 0 Å². The summed E-state index contributed by atoms with van der Waals surface area (Å²) in [5.41, 5.74) is 1.07. The summed E-state index contributed by atoms with van der Waals surface area (Å²) >= 11 is 0. The van der Waals surface area contributed by atoms with Crippen LogP contribution in [0.2, 0.25) is 0 Å². The van der Waals surface area contributed by atoms with Crippen molar-refractivity contribution in [3.8, 4) is 0 Å². The van der Waals surface area contributed by atoms with Crippen molar-refractivity contribution < 1.29 is 0 Å². The fraction of sp³-hybridized carbons (Fsp3) is 0.0769. The van der Waals surface area contributed by atoms with Gasteiger partial charge in [0.15, 0.2) is 0 Å². The summed E-state index contributed by atoms with van der Waals surface area (Å²) in [4.78, 5) is 4.20. The highest BCUT2D eigenvalue weighted by Gasteiger charge is 1.96. The standard InChI is InChI=1S/C13H13N3/c1-16(13-9-5-6-10-14-13)15-11-12-7-3-2-4-8-12/h2-11H,1H3/b15-11+. The molecule has 0 spiro atoms. The second kappa shape index (κ2) is 5.07. The van der Waals surface area contributed by atoms with E-state index in [1.165, 1.54) is 0 Å². The number of benzene rings is 1. The maximum absolute atomic E-state index is 4.31. The molecule has 1 heterocycles. The summed E-state index contributed by atoms with van der Waals surface area (Å²) in [5, 5.41) is 6.05. The van der Waals surface area contributed by atoms with Crippen LogP contribution in [0.15, 0.2) is 59.8 Å². The van der Waals surface area contributed by atoms with Crippen molar-refractivity contribution in [3.05, 3.63) is 60.3 Å². The van der Waals surface area contributed by atoms with Crippen LogP contribution < -0.4 is 5.01 Å². The molecule has 3 heteroatoms. The summed E-state index contributed by atoms with van der Waals surface area (Å²) in [6, 6.07) is 15.7. The Hall–Kier alpha value is -2.16. The van der Waals surface area contributed by atoms with Crippen molar-refractivity contribution in [1.82, 2.24) is 4.98 Å². The number of aromatic nitrogens is 1. The lowest BCUT2D eigenvalue weighted by molar-refractivity contribution is 0.983. The Kier molecular flexibility index (Phi) is 3.28. The van der Waals surface area contributed by atoms with E-state index < -0.39 is 0 Å². The van der Waals surface area contributed by atoms with Crippen LogP contribution in [-0.2, 0) is 0 Å². The first-order chi connectivity index (χ1) is 7.86. The molecule has 16 heavy (non-hydrogen) atoms. The number of hydrogen-bond donors (Lipinski definition) is 0. The molecule has 0 unspecified atom stereocenters. The molecule has 0 atom stereocenters. The Morgan fingerprint density at radius 1 is 1.06 bits per heavy atom. The molecule has 80 valence electrons. The second-order valence-corrected chi connectivity index (χ2v) is 3.37. The van der Waals surface area contributed by atoms with Gasteiger partial charge in [0.05, 0.1) is 6.21 Å². The van der Waals surface area contributed by atoms with Crippen molar-refractivity contribution in [1.29, 1.82) is 0 Å². The smallest absolute Gasteiger partial charge is 0.148 e. The molecule has 2 rings (SSSR count). The molecular formula is C13H13N3. The van der Waals surface area contributed by atoms with Crippen LogP contribution >= 0.6 is 0 Å². The van der Waals surface area contributed by atoms with E-state index in [1.807, 2.05) is 61.8 Å². The highest BCUT2D eigenvalue weighted by Crippen LogP contribution is 2.06. The van der Waals surface area contributed by atoms with Gasteiger partial charge in [0.25, 0.3) is 0 Å². The monoisotopic (exact) mass is 211 g/mol. The molecule has 2 aromatic rings. The number of rotatable bonds is 3. The summed E-state index contributed by atoms with van der Waals surface area (Å²) in [6.45, 7) is 0. The van der Waals surface area contributed by atoms with Gasteiger partial charge in [0.1, 0.15) is 5.82 Å². The van der Waals surface area contributed by atoms with Crippen molar-refractivity contribution >= 4 is 12.0 Å². The SMILES string of the molecule is CN(/N=C/c1ccccc1)c1ccccn1. The molecule has 1 aromatic heterocycles. The molecule has 0 saturated carbocycles. The average Bonchev–Trinajstić information content (AvgIpc) is 2.38. The lowest BCUT2D eigenvalue weighted by atomic mass is 10.2. The molecule has 0 bridgehead atoms. The number of hydrazone groups is 1. The van der Waals surface area contributed by atoms with Gasteiger partial charge in [0.2, 0.25) is 0 Å². The van der Waals surface area contributed by atoms with Gasteiger partial charge < -0.3 is 0 Å². The number of pyridine rings is 1. The van der Waals surface area contributed by atoms with Gasteiger partial charge in [-0.1, -0.05) is 36.4 Å². The van der Waals surface area contributed by atoms with E-state index in [9.17, 15) is 0 Å². The molecule has 0 aliphatic carbocycles. The molecular weight excluding hydrogens is 198 g/mol. The number of hydrogen-bond acceptors (Lipinski definition) is 3. The maximum atomic E-state index is 4.31. The molecule has 1 aromatic carbocycles. The first-order valence-corrected chi connectivity index (χ1v) is 5.10. The lowest BCUT2D eigenvalue weighted by Crippen LogP contribution is -2.10. The highest BCUT2D eigenvalue weighted by molar-refractivity contribution is 5.80. The van der Waals surface area contributed by atoms with Gasteiger partial charge in [-0.25, -0.2) is 4.98 Å². The molecule has 0 aliphatic heterocycles. The molecule has 0 radical (unpaired) electrons. The van der Waals surface area contributed by atoms with Crippen molar-refractivity contribution in [2.45, 2.75) is 0 Å². The van der Waals surface area contributed by atoms with Crippen LogP contribution in [0.1, 0.15) is 5.56 Å². The van der Waals surface area contributed by atoms with E-state index >= 15 is 0 Å². The average molecular weight is 211 g/mol. The molecule has 0 fully saturated rings. The fourth-order valence-corrected chi connectivity index (χ4v) is 1.30. The second-order valence-electron chi connectivity index (χ2n) is 3.37. The molecule has 3 nitrogen and oxygen atoms in total. The Morgan fingerprint density at radius 2 is 1.81 bits per heavy atom. The molecule has 0 aliphatic rings. The summed E-state index contributed by atoms with van der Waals surface area (Å²) < 4.78 is 0. The van der Waals surface area contributed by atoms with E-state index in [2.05, 4.69) is 10.1 Å². The van der Waals surface area contributed by atoms with Gasteiger partial charge in [-0.05, 0) is 17.7 Å². The third-order valence-corrected chi connectivity index (χ3v) is 2.16. The van der Waals surface area contributed by atoms with Gasteiger partial charge in [-0.15, -0.1) is 0 Å². The number of anilines is 1. The maximum Gasteiger partial charge on any atom is 0.148 e. The zero-order chi connectivity index (χ0) is 11.2. The van der Waals surface area contributed by atoms with Crippen LogP contribution in [0.3, 0.4) is 0 Å². The van der Waals surface area contributed by atoms with Gasteiger partial charge in [-0.3, -0.25) is 5.01 Å². The van der Waals surface area contributed by atoms with E-state index in [0.717, 1.165) is 11.4 Å². The van der Waals surface area contributed by atoms with E-state index in [1.54, 1.807) is 11.2 Å². The van der Waals surface area contributed by atoms with Crippen LogP contribution in [-0.4, -0.2) is 18.2 Å². The van der Waals surface area contributed by atoms with Crippen LogP contribution in [0, 0.1) is 0 Å². The predicted octanol–water partition coefficient (Wildman–Crippen LogP) is 2.55. The number of nitrogens with zero attached hydrogens (tertiary/aromatic N) is 3. The summed E-state index contributed by atoms with van der Waals surface area (Å²) in [6.07, 6.45) is 3.57. The Labute approximate surface area is 95.1 Å². The zero-order valence-electron chi connectivity index (χ0n) is 9.12. The van der Waals surface area contributed by atoms with Crippen molar-refractivity contribution in [3.63, 3.8) is 0 Å². The molecule has 0 amide bonds. The van der Waals surface area contributed by atoms with Crippen molar-refractivity contribution in [2.75, 3.05) is 12.1 Å². The van der Waals surface area contributed by atoms with Crippen LogP contribution in [0.25, 0.3) is 0 Å². The summed E-state index contributed by atoms with van der Waals surface area (Å²) in [7, 11) is 1.88. The molecule has 0 saturated heterocycles. The van der Waals surface area contributed by atoms with Crippen LogP contribution in [0.5, 0.6) is 0 Å². The first kappa shape index (κ1) is 10.4. The molecule has 0 N–H and O–H groups in total. The minimum absolute atomic E-state index is 0.828. The van der Waals surface area contributed by atoms with Gasteiger partial charge in [-0.2, -0.15) is 5.10 Å². The van der Waals surface area contributed by atoms with Gasteiger partial charge in [0, 0.05) is 13.2 Å². The first-order valence-electron chi connectivity index (χ1n) is 5.10. The van der Waals surface area contributed by atoms with Crippen molar-refractivity contribution in [2.24, 2.45) is 5.10 Å². The minimum Gasteiger partial charge on any atom is -0.251 e. The lowest BCUT2D eigenvalue weighted by Gasteiger charge is -2.10. The zero-order valence-corrected chi connectivity index (χ0v) is 9.12. The largest absolute Gasteiger partial charge is 0.251 e. The van der Waals surface area contributed by atoms with Gasteiger partial charge >= 0.3 is 0 Å². The highest BCUT2D eigenvalue weighted by atomic mass is 15.5. The summed E-state index contributed by atoms with van der Waals surface area (Å²) in [5.74, 6) is 0.828. The minimum atomic E-state index is 0.828. The third kappa shape index (κ3) is 2.67. The predicted molar refractivity (Wildman–Crippen MR) is 66.7 cm³/mol. The van der Waals surface area contributed by atoms with E-state index in [0.29, 0.717) is 0 Å².